The number of amides is 1. The van der Waals surface area contributed by atoms with Gasteiger partial charge in [-0.05, 0) is 31.2 Å². The molecule has 28 heavy (non-hydrogen) atoms. The van der Waals surface area contributed by atoms with E-state index in [9.17, 15) is 9.18 Å². The minimum atomic E-state index is -0.505. The zero-order valence-corrected chi connectivity index (χ0v) is 16.6. The quantitative estimate of drug-likeness (QED) is 0.528. The third kappa shape index (κ3) is 5.26. The molecule has 0 spiro atoms. The first-order valence-corrected chi connectivity index (χ1v) is 9.85. The fourth-order valence-corrected chi connectivity index (χ4v) is 3.37. The van der Waals surface area contributed by atoms with Gasteiger partial charge in [0.2, 0.25) is 5.91 Å². The summed E-state index contributed by atoms with van der Waals surface area (Å²) in [5.74, 6) is 1.29. The number of hydrogen-bond donors (Lipinski definition) is 1. The number of furan rings is 1. The van der Waals surface area contributed by atoms with Crippen LogP contribution in [-0.4, -0.2) is 26.4 Å². The van der Waals surface area contributed by atoms with E-state index in [1.807, 2.05) is 11.5 Å². The zero-order chi connectivity index (χ0) is 19.9. The van der Waals surface area contributed by atoms with Crippen LogP contribution in [0.2, 0.25) is 5.02 Å². The van der Waals surface area contributed by atoms with Crippen molar-refractivity contribution in [2.75, 3.05) is 5.75 Å². The van der Waals surface area contributed by atoms with Crippen molar-refractivity contribution in [2.24, 2.45) is 0 Å². The minimum absolute atomic E-state index is 0.00809. The molecule has 0 saturated carbocycles. The molecule has 0 unspecified atom stereocenters. The topological polar surface area (TPSA) is 82.2 Å². The first-order chi connectivity index (χ1) is 13.6. The fraction of sp³-hybridized carbons (Fsp3) is 0.278. The summed E-state index contributed by atoms with van der Waals surface area (Å²) in [6, 6.07) is 7.70. The fourth-order valence-electron chi connectivity index (χ4n) is 2.34. The summed E-state index contributed by atoms with van der Waals surface area (Å²) < 4.78 is 25.9. The number of thioether (sulfide) groups is 1. The van der Waals surface area contributed by atoms with Crippen molar-refractivity contribution in [3.05, 3.63) is 59.0 Å². The first kappa shape index (κ1) is 20.2. The SMILES string of the molecule is CCn1c(COc2ccc(F)c(Cl)c2)nnc1SCC(=O)NCc1ccco1. The monoisotopic (exact) mass is 424 g/mol. The van der Waals surface area contributed by atoms with Crippen molar-refractivity contribution in [3.63, 3.8) is 0 Å². The molecule has 2 aromatic heterocycles. The molecule has 7 nitrogen and oxygen atoms in total. The number of nitrogens with one attached hydrogen (secondary N) is 1. The summed E-state index contributed by atoms with van der Waals surface area (Å²) >= 11 is 7.04. The summed E-state index contributed by atoms with van der Waals surface area (Å²) in [6.45, 7) is 3.05. The Morgan fingerprint density at radius 3 is 2.96 bits per heavy atom. The van der Waals surface area contributed by atoms with Crippen LogP contribution in [0.4, 0.5) is 4.39 Å². The molecule has 1 N–H and O–H groups in total. The minimum Gasteiger partial charge on any atom is -0.486 e. The van der Waals surface area contributed by atoms with Crippen molar-refractivity contribution < 1.29 is 18.3 Å². The number of carbonyl (C=O) groups excluding carboxylic acids is 1. The second-order valence-electron chi connectivity index (χ2n) is 5.65. The number of ether oxygens (including phenoxy) is 1. The lowest BCUT2D eigenvalue weighted by atomic mass is 10.3. The zero-order valence-electron chi connectivity index (χ0n) is 15.0. The van der Waals surface area contributed by atoms with Crippen molar-refractivity contribution in [1.29, 1.82) is 0 Å². The molecule has 2 heterocycles. The van der Waals surface area contributed by atoms with Gasteiger partial charge >= 0.3 is 0 Å². The van der Waals surface area contributed by atoms with E-state index < -0.39 is 5.82 Å². The lowest BCUT2D eigenvalue weighted by Gasteiger charge is -2.09. The molecule has 0 aliphatic carbocycles. The predicted octanol–water partition coefficient (Wildman–Crippen LogP) is 3.67. The van der Waals surface area contributed by atoms with Crippen molar-refractivity contribution in [3.8, 4) is 5.75 Å². The summed E-state index contributed by atoms with van der Waals surface area (Å²) in [5, 5.41) is 11.6. The van der Waals surface area contributed by atoms with Gasteiger partial charge in [-0.1, -0.05) is 23.4 Å². The molecule has 0 radical (unpaired) electrons. The molecule has 3 aromatic rings. The Morgan fingerprint density at radius 1 is 1.39 bits per heavy atom. The Kier molecular flexibility index (Phi) is 6.94. The lowest BCUT2D eigenvalue weighted by molar-refractivity contribution is -0.118. The van der Waals surface area contributed by atoms with Gasteiger partial charge in [0.15, 0.2) is 11.0 Å². The van der Waals surface area contributed by atoms with Gasteiger partial charge in [0.1, 0.15) is 23.9 Å². The number of nitrogens with zero attached hydrogens (tertiary/aromatic N) is 3. The smallest absolute Gasteiger partial charge is 0.230 e. The van der Waals surface area contributed by atoms with Crippen LogP contribution in [0.1, 0.15) is 18.5 Å². The average molecular weight is 425 g/mol. The van der Waals surface area contributed by atoms with Crippen LogP contribution in [0.25, 0.3) is 0 Å². The Bertz CT molecular complexity index is 933. The molecule has 0 aliphatic rings. The van der Waals surface area contributed by atoms with E-state index in [-0.39, 0.29) is 23.3 Å². The molecule has 0 aliphatic heterocycles. The van der Waals surface area contributed by atoms with Gasteiger partial charge in [-0.2, -0.15) is 0 Å². The third-order valence-corrected chi connectivity index (χ3v) is 5.00. The van der Waals surface area contributed by atoms with E-state index in [1.165, 1.54) is 30.0 Å². The van der Waals surface area contributed by atoms with Crippen LogP contribution in [0.3, 0.4) is 0 Å². The molecule has 0 bridgehead atoms. The highest BCUT2D eigenvalue weighted by Crippen LogP contribution is 2.22. The van der Waals surface area contributed by atoms with Crippen LogP contribution in [0, 0.1) is 5.82 Å². The van der Waals surface area contributed by atoms with Gasteiger partial charge in [-0.25, -0.2) is 4.39 Å². The molecule has 0 fully saturated rings. The highest BCUT2D eigenvalue weighted by Gasteiger charge is 2.14. The molecular formula is C18H18ClFN4O3S. The molecule has 3 rings (SSSR count). The lowest BCUT2D eigenvalue weighted by Crippen LogP contribution is -2.24. The molecule has 1 amide bonds. The number of aromatic nitrogens is 3. The van der Waals surface area contributed by atoms with Crippen molar-refractivity contribution in [2.45, 2.75) is 31.8 Å². The van der Waals surface area contributed by atoms with E-state index >= 15 is 0 Å². The Hall–Kier alpha value is -2.52. The maximum atomic E-state index is 13.2. The Morgan fingerprint density at radius 2 is 2.25 bits per heavy atom. The molecule has 0 saturated heterocycles. The molecule has 10 heteroatoms. The summed E-state index contributed by atoms with van der Waals surface area (Å²) in [5.41, 5.74) is 0. The van der Waals surface area contributed by atoms with Crippen LogP contribution < -0.4 is 10.1 Å². The van der Waals surface area contributed by atoms with Gasteiger partial charge in [0.25, 0.3) is 0 Å². The number of halogens is 2. The van der Waals surface area contributed by atoms with Crippen LogP contribution >= 0.6 is 23.4 Å². The van der Waals surface area contributed by atoms with Crippen LogP contribution in [0.5, 0.6) is 5.75 Å². The Labute approximate surface area is 170 Å². The summed E-state index contributed by atoms with van der Waals surface area (Å²) in [6.07, 6.45) is 1.56. The number of hydrogen-bond acceptors (Lipinski definition) is 6. The molecule has 148 valence electrons. The predicted molar refractivity (Wildman–Crippen MR) is 103 cm³/mol. The third-order valence-electron chi connectivity index (χ3n) is 3.74. The van der Waals surface area contributed by atoms with E-state index in [0.717, 1.165) is 0 Å². The highest BCUT2D eigenvalue weighted by atomic mass is 35.5. The second-order valence-corrected chi connectivity index (χ2v) is 7.00. The van der Waals surface area contributed by atoms with Crippen molar-refractivity contribution >= 4 is 29.3 Å². The van der Waals surface area contributed by atoms with Crippen LogP contribution in [-0.2, 0) is 24.5 Å². The van der Waals surface area contributed by atoms with Gasteiger partial charge in [0.05, 0.1) is 23.6 Å². The Balaban J connectivity index is 1.53. The van der Waals surface area contributed by atoms with E-state index in [1.54, 1.807) is 18.4 Å². The normalized spacial score (nSPS) is 10.8. The van der Waals surface area contributed by atoms with Crippen molar-refractivity contribution in [1.82, 2.24) is 20.1 Å². The maximum Gasteiger partial charge on any atom is 0.230 e. The van der Waals surface area contributed by atoms with Gasteiger partial charge in [0, 0.05) is 12.6 Å². The van der Waals surface area contributed by atoms with Gasteiger partial charge < -0.3 is 19.0 Å². The van der Waals surface area contributed by atoms with Gasteiger partial charge in [-0.3, -0.25) is 4.79 Å². The maximum absolute atomic E-state index is 13.2. The summed E-state index contributed by atoms with van der Waals surface area (Å²) in [7, 11) is 0. The summed E-state index contributed by atoms with van der Waals surface area (Å²) in [4.78, 5) is 12.0. The van der Waals surface area contributed by atoms with E-state index in [0.29, 0.717) is 35.6 Å². The molecular weight excluding hydrogens is 407 g/mol. The molecule has 0 atom stereocenters. The number of carbonyl (C=O) groups is 1. The van der Waals surface area contributed by atoms with Crippen LogP contribution in [0.15, 0.2) is 46.2 Å². The van der Waals surface area contributed by atoms with E-state index in [2.05, 4.69) is 15.5 Å². The van der Waals surface area contributed by atoms with E-state index in [4.69, 9.17) is 20.8 Å². The average Bonchev–Trinajstić information content (AvgIpc) is 3.35. The second kappa shape index (κ2) is 9.61. The number of benzene rings is 1. The van der Waals surface area contributed by atoms with Gasteiger partial charge in [-0.15, -0.1) is 10.2 Å². The number of rotatable bonds is 9. The molecule has 1 aromatic carbocycles. The standard InChI is InChI=1S/C18H18ClFN4O3S/c1-2-24-16(10-27-12-5-6-15(20)14(19)8-12)22-23-18(24)28-11-17(25)21-9-13-4-3-7-26-13/h3-8H,2,9-11H2,1H3,(H,21,25). The first-order valence-electron chi connectivity index (χ1n) is 8.48. The highest BCUT2D eigenvalue weighted by molar-refractivity contribution is 7.99. The largest absolute Gasteiger partial charge is 0.486 e.